The number of fused-ring (bicyclic) bond motifs is 1. The van der Waals surface area contributed by atoms with Crippen LogP contribution in [0, 0.1) is 5.92 Å². The number of aromatic hydroxyl groups is 3. The number of phenolic OH excluding ortho intramolecular Hbond substituents is 3. The first-order valence-electron chi connectivity index (χ1n) is 9.32. The van der Waals surface area contributed by atoms with E-state index in [2.05, 4.69) is 0 Å². The molecular formula is C24H22O4. The quantitative estimate of drug-likeness (QED) is 0.512. The van der Waals surface area contributed by atoms with Gasteiger partial charge in [0.15, 0.2) is 0 Å². The lowest BCUT2D eigenvalue weighted by Crippen LogP contribution is -2.05. The standard InChI is InChI=1S/C24H22O4/c25-19-8-4-15(5-9-19)12-17-14-18(13-16-6-10-20(26)11-7-16)24(28)23-21(17)2-1-3-22(23)27/h1-4,6-11,14-15,25-28H,5,12-13H2/t15-/m1/s1. The van der Waals surface area contributed by atoms with Crippen molar-refractivity contribution >= 4 is 10.8 Å². The van der Waals surface area contributed by atoms with Gasteiger partial charge in [-0.05, 0) is 71.2 Å². The molecule has 4 rings (SSSR count). The summed E-state index contributed by atoms with van der Waals surface area (Å²) in [5.41, 5.74) is 2.73. The third kappa shape index (κ3) is 3.54. The molecule has 0 bridgehead atoms. The second-order valence-corrected chi connectivity index (χ2v) is 7.27. The van der Waals surface area contributed by atoms with E-state index in [-0.39, 0.29) is 28.9 Å². The molecule has 3 aromatic carbocycles. The largest absolute Gasteiger partial charge is 0.508 e. The molecule has 4 N–H and O–H groups in total. The molecule has 0 saturated carbocycles. The van der Waals surface area contributed by atoms with Gasteiger partial charge in [-0.25, -0.2) is 0 Å². The summed E-state index contributed by atoms with van der Waals surface area (Å²) in [6.07, 6.45) is 7.49. The van der Waals surface area contributed by atoms with Crippen LogP contribution < -0.4 is 0 Å². The summed E-state index contributed by atoms with van der Waals surface area (Å²) >= 11 is 0. The molecule has 0 aliphatic heterocycles. The summed E-state index contributed by atoms with van der Waals surface area (Å²) in [5, 5.41) is 41.6. The molecular weight excluding hydrogens is 352 g/mol. The van der Waals surface area contributed by atoms with E-state index in [0.29, 0.717) is 11.8 Å². The van der Waals surface area contributed by atoms with E-state index < -0.39 is 0 Å². The van der Waals surface area contributed by atoms with Crippen LogP contribution in [0.4, 0.5) is 0 Å². The van der Waals surface area contributed by atoms with Gasteiger partial charge in [0.05, 0.1) is 5.39 Å². The Hall–Kier alpha value is -3.40. The van der Waals surface area contributed by atoms with Gasteiger partial charge in [0.2, 0.25) is 0 Å². The average Bonchev–Trinajstić information content (AvgIpc) is 2.69. The van der Waals surface area contributed by atoms with E-state index in [1.54, 1.807) is 30.3 Å². The Morgan fingerprint density at radius 1 is 0.893 bits per heavy atom. The summed E-state index contributed by atoms with van der Waals surface area (Å²) in [7, 11) is 0. The fourth-order valence-corrected chi connectivity index (χ4v) is 3.80. The average molecular weight is 374 g/mol. The molecule has 4 nitrogen and oxygen atoms in total. The Kier molecular flexibility index (Phi) is 4.70. The molecule has 1 aliphatic rings. The lowest BCUT2D eigenvalue weighted by atomic mass is 9.87. The van der Waals surface area contributed by atoms with Crippen LogP contribution in [0.1, 0.15) is 23.1 Å². The van der Waals surface area contributed by atoms with E-state index in [9.17, 15) is 20.4 Å². The number of hydrogen-bond acceptors (Lipinski definition) is 4. The molecule has 0 fully saturated rings. The highest BCUT2D eigenvalue weighted by Gasteiger charge is 2.18. The highest BCUT2D eigenvalue weighted by atomic mass is 16.3. The van der Waals surface area contributed by atoms with E-state index in [0.717, 1.165) is 34.9 Å². The summed E-state index contributed by atoms with van der Waals surface area (Å²) in [5.74, 6) is 0.873. The minimum atomic E-state index is 0.0560. The number of aliphatic hydroxyl groups is 1. The molecule has 28 heavy (non-hydrogen) atoms. The van der Waals surface area contributed by atoms with Gasteiger partial charge in [-0.2, -0.15) is 0 Å². The third-order valence-corrected chi connectivity index (χ3v) is 5.26. The molecule has 4 heteroatoms. The first-order valence-corrected chi connectivity index (χ1v) is 9.32. The number of aliphatic hydroxyl groups excluding tert-OH is 1. The van der Waals surface area contributed by atoms with Crippen LogP contribution in [0.15, 0.2) is 72.5 Å². The van der Waals surface area contributed by atoms with Crippen molar-refractivity contribution in [3.05, 3.63) is 89.2 Å². The zero-order valence-electron chi connectivity index (χ0n) is 15.3. The molecule has 1 aliphatic carbocycles. The van der Waals surface area contributed by atoms with Crippen LogP contribution in [0.5, 0.6) is 17.2 Å². The van der Waals surface area contributed by atoms with Crippen LogP contribution in [0.3, 0.4) is 0 Å². The predicted octanol–water partition coefficient (Wildman–Crippen LogP) is 5.11. The maximum atomic E-state index is 10.8. The molecule has 1 atom stereocenters. The SMILES string of the molecule is OC1=CC[C@H](Cc2cc(Cc3ccc(O)cc3)c(O)c3c(O)cccc23)C=C1. The van der Waals surface area contributed by atoms with Crippen LogP contribution >= 0.6 is 0 Å². The second kappa shape index (κ2) is 7.31. The topological polar surface area (TPSA) is 80.9 Å². The predicted molar refractivity (Wildman–Crippen MR) is 110 cm³/mol. The molecule has 0 heterocycles. The Labute approximate surface area is 163 Å². The number of allylic oxidation sites excluding steroid dienone is 3. The van der Waals surface area contributed by atoms with Gasteiger partial charge in [0.1, 0.15) is 23.0 Å². The first kappa shape index (κ1) is 18.0. The maximum absolute atomic E-state index is 10.8. The molecule has 0 spiro atoms. The van der Waals surface area contributed by atoms with Crippen molar-refractivity contribution in [3.8, 4) is 17.2 Å². The van der Waals surface area contributed by atoms with Crippen molar-refractivity contribution in [2.75, 3.05) is 0 Å². The summed E-state index contributed by atoms with van der Waals surface area (Å²) in [4.78, 5) is 0. The van der Waals surface area contributed by atoms with Crippen molar-refractivity contribution in [1.82, 2.24) is 0 Å². The van der Waals surface area contributed by atoms with Crippen molar-refractivity contribution in [1.29, 1.82) is 0 Å². The van der Waals surface area contributed by atoms with Gasteiger partial charge in [0.25, 0.3) is 0 Å². The van der Waals surface area contributed by atoms with Crippen molar-refractivity contribution in [2.45, 2.75) is 19.3 Å². The van der Waals surface area contributed by atoms with E-state index in [1.807, 2.05) is 36.4 Å². The Balaban J connectivity index is 1.77. The van der Waals surface area contributed by atoms with Crippen molar-refractivity contribution < 1.29 is 20.4 Å². The molecule has 142 valence electrons. The number of rotatable bonds is 4. The third-order valence-electron chi connectivity index (χ3n) is 5.26. The van der Waals surface area contributed by atoms with Crippen LogP contribution in [0.25, 0.3) is 10.8 Å². The minimum Gasteiger partial charge on any atom is -0.508 e. The van der Waals surface area contributed by atoms with E-state index in [4.69, 9.17) is 0 Å². The van der Waals surface area contributed by atoms with Gasteiger partial charge >= 0.3 is 0 Å². The highest BCUT2D eigenvalue weighted by Crippen LogP contribution is 2.39. The number of benzene rings is 3. The maximum Gasteiger partial charge on any atom is 0.130 e. The zero-order chi connectivity index (χ0) is 19.7. The first-order chi connectivity index (χ1) is 13.5. The fraction of sp³-hybridized carbons (Fsp3) is 0.167. The van der Waals surface area contributed by atoms with Gasteiger partial charge in [-0.1, -0.05) is 36.4 Å². The smallest absolute Gasteiger partial charge is 0.130 e. The van der Waals surface area contributed by atoms with Gasteiger partial charge < -0.3 is 20.4 Å². The molecule has 3 aromatic rings. The van der Waals surface area contributed by atoms with Gasteiger partial charge in [0, 0.05) is 6.42 Å². The van der Waals surface area contributed by atoms with Crippen molar-refractivity contribution in [3.63, 3.8) is 0 Å². The van der Waals surface area contributed by atoms with Gasteiger partial charge in [-0.15, -0.1) is 0 Å². The van der Waals surface area contributed by atoms with E-state index in [1.165, 1.54) is 0 Å². The summed E-state index contributed by atoms with van der Waals surface area (Å²) < 4.78 is 0. The lowest BCUT2D eigenvalue weighted by Gasteiger charge is -2.18. The second-order valence-electron chi connectivity index (χ2n) is 7.27. The normalized spacial score (nSPS) is 16.3. The minimum absolute atomic E-state index is 0.0560. The fourth-order valence-electron chi connectivity index (χ4n) is 3.80. The Morgan fingerprint density at radius 3 is 2.39 bits per heavy atom. The van der Waals surface area contributed by atoms with E-state index >= 15 is 0 Å². The Morgan fingerprint density at radius 2 is 1.68 bits per heavy atom. The monoisotopic (exact) mass is 374 g/mol. The number of hydrogen-bond donors (Lipinski definition) is 4. The molecule has 0 amide bonds. The van der Waals surface area contributed by atoms with Crippen LogP contribution in [-0.2, 0) is 12.8 Å². The molecule has 0 saturated heterocycles. The lowest BCUT2D eigenvalue weighted by molar-refractivity contribution is 0.420. The molecule has 0 radical (unpaired) electrons. The van der Waals surface area contributed by atoms with Crippen LogP contribution in [0.2, 0.25) is 0 Å². The molecule has 0 aromatic heterocycles. The Bertz CT molecular complexity index is 1080. The highest BCUT2D eigenvalue weighted by molar-refractivity contribution is 5.96. The van der Waals surface area contributed by atoms with Gasteiger partial charge in [-0.3, -0.25) is 0 Å². The van der Waals surface area contributed by atoms with Crippen LogP contribution in [-0.4, -0.2) is 20.4 Å². The zero-order valence-corrected chi connectivity index (χ0v) is 15.3. The molecule has 0 unspecified atom stereocenters. The summed E-state index contributed by atoms with van der Waals surface area (Å²) in [6.45, 7) is 0. The van der Waals surface area contributed by atoms with Crippen molar-refractivity contribution in [2.24, 2.45) is 5.92 Å². The number of phenols is 3. The summed E-state index contributed by atoms with van der Waals surface area (Å²) in [6, 6.07) is 14.2.